The highest BCUT2D eigenvalue weighted by atomic mass is 16.5. The number of benzene rings is 4. The lowest BCUT2D eigenvalue weighted by atomic mass is 9.73. The van der Waals surface area contributed by atoms with Crippen LogP contribution in [0.4, 0.5) is 0 Å². The summed E-state index contributed by atoms with van der Waals surface area (Å²) in [7, 11) is 0. The lowest BCUT2D eigenvalue weighted by molar-refractivity contribution is -0.145. The number of likely N-dealkylation sites (tertiary alicyclic amines) is 1. The Kier molecular flexibility index (Phi) is 9.56. The molecule has 10 heteroatoms. The van der Waals surface area contributed by atoms with Crippen molar-refractivity contribution in [1.29, 1.82) is 0 Å². The van der Waals surface area contributed by atoms with Crippen molar-refractivity contribution in [2.24, 2.45) is 0 Å². The van der Waals surface area contributed by atoms with Crippen molar-refractivity contribution in [1.82, 2.24) is 15.2 Å². The van der Waals surface area contributed by atoms with Gasteiger partial charge in [-0.05, 0) is 71.5 Å². The number of hydrogen-bond acceptors (Lipinski definition) is 7. The number of carbonyl (C=O) groups is 2. The second kappa shape index (κ2) is 14.1. The molecule has 0 bridgehead atoms. The average molecular weight is 648 g/mol. The maximum absolute atomic E-state index is 13.2. The van der Waals surface area contributed by atoms with E-state index in [9.17, 15) is 29.7 Å². The molecule has 1 aliphatic rings. The molecule has 1 aromatic heterocycles. The van der Waals surface area contributed by atoms with Crippen LogP contribution in [0, 0.1) is 0 Å². The summed E-state index contributed by atoms with van der Waals surface area (Å²) in [6.45, 7) is 1.88. The smallest absolute Gasteiger partial charge is 0.314 e. The highest BCUT2D eigenvalue weighted by Crippen LogP contribution is 2.36. The number of aromatic hydroxyl groups is 1. The van der Waals surface area contributed by atoms with Gasteiger partial charge in [0.2, 0.25) is 5.56 Å². The number of amides is 1. The molecule has 2 heterocycles. The Balaban J connectivity index is 0.969. The van der Waals surface area contributed by atoms with Crippen LogP contribution in [0.1, 0.15) is 51.6 Å². The van der Waals surface area contributed by atoms with Crippen LogP contribution in [0.3, 0.4) is 0 Å². The van der Waals surface area contributed by atoms with E-state index in [0.717, 1.165) is 16.7 Å². The normalized spacial score (nSPS) is 14.8. The number of aromatic amines is 1. The van der Waals surface area contributed by atoms with Crippen molar-refractivity contribution >= 4 is 22.8 Å². The summed E-state index contributed by atoms with van der Waals surface area (Å²) in [6, 6.07) is 30.2. The average Bonchev–Trinajstić information content (AvgIpc) is 3.12. The van der Waals surface area contributed by atoms with Gasteiger partial charge in [0.25, 0.3) is 5.91 Å². The molecule has 4 aromatic carbocycles. The second-order valence-electron chi connectivity index (χ2n) is 12.1. The van der Waals surface area contributed by atoms with E-state index in [-0.39, 0.29) is 23.8 Å². The van der Waals surface area contributed by atoms with Gasteiger partial charge in [0.05, 0.1) is 17.0 Å². The number of carboxylic acids is 1. The van der Waals surface area contributed by atoms with Gasteiger partial charge in [-0.3, -0.25) is 14.4 Å². The first-order valence-corrected chi connectivity index (χ1v) is 15.9. The monoisotopic (exact) mass is 647 g/mol. The molecular weight excluding hydrogens is 610 g/mol. The zero-order valence-corrected chi connectivity index (χ0v) is 26.3. The topological polar surface area (TPSA) is 152 Å². The number of aliphatic hydroxyl groups excluding tert-OH is 1. The van der Waals surface area contributed by atoms with E-state index in [1.165, 1.54) is 12.1 Å². The van der Waals surface area contributed by atoms with Crippen molar-refractivity contribution in [3.05, 3.63) is 141 Å². The molecule has 5 N–H and O–H groups in total. The predicted octanol–water partition coefficient (Wildman–Crippen LogP) is 4.89. The molecule has 48 heavy (non-hydrogen) atoms. The summed E-state index contributed by atoms with van der Waals surface area (Å²) in [6.07, 6.45) is -0.126. The number of nitrogens with zero attached hydrogens (tertiary/aromatic N) is 1. The van der Waals surface area contributed by atoms with Gasteiger partial charge in [-0.1, -0.05) is 60.7 Å². The Morgan fingerprint density at radius 1 is 0.875 bits per heavy atom. The first-order valence-electron chi connectivity index (χ1n) is 15.9. The molecule has 0 radical (unpaired) electrons. The number of fused-ring (bicyclic) bond motifs is 1. The fourth-order valence-corrected chi connectivity index (χ4v) is 6.28. The highest BCUT2D eigenvalue weighted by Gasteiger charge is 2.43. The third kappa shape index (κ3) is 6.95. The Labute approximate surface area is 277 Å². The number of aromatic nitrogens is 1. The Bertz CT molecular complexity index is 1950. The zero-order chi connectivity index (χ0) is 33.7. The molecule has 5 aromatic rings. The van der Waals surface area contributed by atoms with Crippen LogP contribution in [0.2, 0.25) is 0 Å². The minimum absolute atomic E-state index is 0.0493. The highest BCUT2D eigenvalue weighted by molar-refractivity contribution is 5.94. The predicted molar refractivity (Wildman–Crippen MR) is 181 cm³/mol. The van der Waals surface area contributed by atoms with Gasteiger partial charge in [0.15, 0.2) is 0 Å². The van der Waals surface area contributed by atoms with E-state index in [0.29, 0.717) is 66.9 Å². The molecular formula is C38H37N3O7. The third-order valence-electron chi connectivity index (χ3n) is 9.10. The third-order valence-corrected chi connectivity index (χ3v) is 9.10. The number of ether oxygens (including phenoxy) is 1. The standard InChI is InChI=1S/C38H37N3O7/c42-32-16-14-30(31-15-17-34(44)40-35(31)32)33(43)23-39-22-25-6-8-26(9-7-25)24-48-29-12-10-27(11-13-29)36(45)41-20-18-38(19-21-41,37(46)47)28-4-2-1-3-5-28/h1-17,33,39,42-43H,18-24H2,(H,40,44)(H,46,47). The van der Waals surface area contributed by atoms with E-state index in [1.807, 2.05) is 54.6 Å². The minimum atomic E-state index is -0.984. The van der Waals surface area contributed by atoms with Gasteiger partial charge >= 0.3 is 5.97 Å². The summed E-state index contributed by atoms with van der Waals surface area (Å²) in [5, 5.41) is 34.7. The van der Waals surface area contributed by atoms with Crippen LogP contribution in [0.15, 0.2) is 108 Å². The quantitative estimate of drug-likeness (QED) is 0.136. The molecule has 0 spiro atoms. The Morgan fingerprint density at radius 3 is 2.25 bits per heavy atom. The van der Waals surface area contributed by atoms with Crippen LogP contribution in [-0.4, -0.2) is 56.7 Å². The number of aliphatic hydroxyl groups is 1. The first kappa shape index (κ1) is 32.5. The number of nitrogens with one attached hydrogen (secondary N) is 2. The summed E-state index contributed by atoms with van der Waals surface area (Å²) < 4.78 is 5.95. The van der Waals surface area contributed by atoms with Crippen molar-refractivity contribution < 1.29 is 29.6 Å². The van der Waals surface area contributed by atoms with Crippen molar-refractivity contribution in [2.45, 2.75) is 37.5 Å². The zero-order valence-electron chi connectivity index (χ0n) is 26.3. The number of pyridine rings is 1. The molecule has 1 atom stereocenters. The maximum Gasteiger partial charge on any atom is 0.314 e. The maximum atomic E-state index is 13.2. The number of phenolic OH excluding ortho intramolecular Hbond substituents is 1. The summed E-state index contributed by atoms with van der Waals surface area (Å²) >= 11 is 0. The lowest BCUT2D eigenvalue weighted by Gasteiger charge is -2.39. The van der Waals surface area contributed by atoms with E-state index >= 15 is 0 Å². The number of phenols is 1. The molecule has 1 fully saturated rings. The fourth-order valence-electron chi connectivity index (χ4n) is 6.28. The van der Waals surface area contributed by atoms with E-state index in [2.05, 4.69) is 10.3 Å². The van der Waals surface area contributed by atoms with Gasteiger partial charge in [-0.2, -0.15) is 0 Å². The number of carboxylic acid groups (broad SMARTS) is 1. The number of carbonyl (C=O) groups excluding carboxylic acids is 1. The van der Waals surface area contributed by atoms with Gasteiger partial charge in [-0.15, -0.1) is 0 Å². The summed E-state index contributed by atoms with van der Waals surface area (Å²) in [4.78, 5) is 41.4. The number of H-pyrrole nitrogens is 1. The van der Waals surface area contributed by atoms with Gasteiger partial charge in [0, 0.05) is 43.2 Å². The number of rotatable bonds is 11. The van der Waals surface area contributed by atoms with Gasteiger partial charge in [-0.25, -0.2) is 0 Å². The number of piperidine rings is 1. The van der Waals surface area contributed by atoms with Crippen molar-refractivity contribution in [2.75, 3.05) is 19.6 Å². The lowest BCUT2D eigenvalue weighted by Crippen LogP contribution is -2.49. The summed E-state index contributed by atoms with van der Waals surface area (Å²) in [5.41, 5.74) is 2.89. The van der Waals surface area contributed by atoms with E-state index < -0.39 is 17.5 Å². The van der Waals surface area contributed by atoms with Crippen LogP contribution < -0.4 is 15.6 Å². The molecule has 1 amide bonds. The fraction of sp³-hybridized carbons (Fsp3) is 0.237. The van der Waals surface area contributed by atoms with Crippen molar-refractivity contribution in [3.63, 3.8) is 0 Å². The van der Waals surface area contributed by atoms with E-state index in [1.54, 1.807) is 41.3 Å². The summed E-state index contributed by atoms with van der Waals surface area (Å²) in [5.74, 6) is -0.403. The number of hydrogen-bond donors (Lipinski definition) is 5. The molecule has 1 aliphatic heterocycles. The molecule has 0 aliphatic carbocycles. The van der Waals surface area contributed by atoms with Gasteiger partial charge in [0.1, 0.15) is 18.1 Å². The van der Waals surface area contributed by atoms with E-state index in [4.69, 9.17) is 4.74 Å². The van der Waals surface area contributed by atoms with Crippen LogP contribution in [0.25, 0.3) is 10.9 Å². The molecule has 0 saturated carbocycles. The second-order valence-corrected chi connectivity index (χ2v) is 12.1. The Morgan fingerprint density at radius 2 is 1.56 bits per heavy atom. The molecule has 1 saturated heterocycles. The van der Waals surface area contributed by atoms with Crippen LogP contribution in [-0.2, 0) is 23.4 Å². The SMILES string of the molecule is O=C(c1ccc(OCc2ccc(CNCC(O)c3ccc(O)c4[nH]c(=O)ccc34)cc2)cc1)N1CCC(C(=O)O)(c2ccccc2)CC1. The molecule has 6 rings (SSSR count). The van der Waals surface area contributed by atoms with Crippen molar-refractivity contribution in [3.8, 4) is 11.5 Å². The van der Waals surface area contributed by atoms with Gasteiger partial charge < -0.3 is 35.3 Å². The minimum Gasteiger partial charge on any atom is -0.506 e. The Hall–Kier alpha value is -5.45. The molecule has 1 unspecified atom stereocenters. The molecule has 246 valence electrons. The number of aliphatic carboxylic acids is 1. The first-order chi connectivity index (χ1) is 23.2. The molecule has 10 nitrogen and oxygen atoms in total. The van der Waals surface area contributed by atoms with Crippen LogP contribution >= 0.6 is 0 Å². The van der Waals surface area contributed by atoms with Crippen LogP contribution in [0.5, 0.6) is 11.5 Å². The largest absolute Gasteiger partial charge is 0.506 e.